The van der Waals surface area contributed by atoms with Gasteiger partial charge in [-0.05, 0) is 42.8 Å². The van der Waals surface area contributed by atoms with E-state index in [1.54, 1.807) is 20.3 Å². The molecule has 2 unspecified atom stereocenters. The van der Waals surface area contributed by atoms with Gasteiger partial charge in [0.2, 0.25) is 5.95 Å². The third kappa shape index (κ3) is 4.11. The van der Waals surface area contributed by atoms with Crippen molar-refractivity contribution in [2.75, 3.05) is 38.8 Å². The Morgan fingerprint density at radius 1 is 1.17 bits per heavy atom. The number of anilines is 1. The summed E-state index contributed by atoms with van der Waals surface area (Å²) in [6, 6.07) is 9.91. The highest BCUT2D eigenvalue weighted by Crippen LogP contribution is 2.33. The first-order valence-electron chi connectivity index (χ1n) is 11.7. The lowest BCUT2D eigenvalue weighted by Gasteiger charge is -2.24. The number of amides is 1. The van der Waals surface area contributed by atoms with Gasteiger partial charge >= 0.3 is 6.01 Å². The van der Waals surface area contributed by atoms with Crippen molar-refractivity contribution in [1.82, 2.24) is 30.0 Å². The molecule has 2 saturated heterocycles. The van der Waals surface area contributed by atoms with Gasteiger partial charge in [-0.15, -0.1) is 0 Å². The number of nitrogens with one attached hydrogen (secondary N) is 1. The van der Waals surface area contributed by atoms with Crippen LogP contribution in [0.5, 0.6) is 11.8 Å². The fourth-order valence-corrected chi connectivity index (χ4v) is 4.71. The average Bonchev–Trinajstić information content (AvgIpc) is 3.47. The lowest BCUT2D eigenvalue weighted by atomic mass is 10.1. The van der Waals surface area contributed by atoms with Crippen molar-refractivity contribution in [3.63, 3.8) is 0 Å². The number of benzene rings is 2. The second kappa shape index (κ2) is 8.83. The zero-order valence-electron chi connectivity index (χ0n) is 19.8. The van der Waals surface area contributed by atoms with Gasteiger partial charge < -0.3 is 19.3 Å². The fourth-order valence-electron chi connectivity index (χ4n) is 4.71. The Hall–Kier alpha value is -4.12. The third-order valence-electron chi connectivity index (χ3n) is 6.51. The molecule has 0 radical (unpaired) electrons. The van der Waals surface area contributed by atoms with Crippen LogP contribution in [0.3, 0.4) is 0 Å². The summed E-state index contributed by atoms with van der Waals surface area (Å²) in [4.78, 5) is 29.5. The minimum Gasteiger partial charge on any atom is -0.421 e. The molecule has 36 heavy (non-hydrogen) atoms. The van der Waals surface area contributed by atoms with E-state index in [1.807, 2.05) is 18.2 Å². The smallest absolute Gasteiger partial charge is 0.327 e. The predicted molar refractivity (Wildman–Crippen MR) is 129 cm³/mol. The second-order valence-corrected chi connectivity index (χ2v) is 9.31. The van der Waals surface area contributed by atoms with Crippen LogP contribution in [0.4, 0.5) is 10.3 Å². The Bertz CT molecular complexity index is 1460. The molecule has 11 heteroatoms. The van der Waals surface area contributed by atoms with Crippen LogP contribution in [0, 0.1) is 11.7 Å². The molecule has 6 rings (SSSR count). The van der Waals surface area contributed by atoms with Crippen molar-refractivity contribution in [3.8, 4) is 23.1 Å². The molecule has 1 amide bonds. The maximum Gasteiger partial charge on any atom is 0.327 e. The highest BCUT2D eigenvalue weighted by atomic mass is 19.1. The predicted octanol–water partition coefficient (Wildman–Crippen LogP) is 3.27. The van der Waals surface area contributed by atoms with Gasteiger partial charge in [-0.1, -0.05) is 0 Å². The Balaban J connectivity index is 1.39. The highest BCUT2D eigenvalue weighted by Gasteiger charge is 2.38. The van der Waals surface area contributed by atoms with Crippen LogP contribution >= 0.6 is 0 Å². The van der Waals surface area contributed by atoms with Crippen molar-refractivity contribution in [2.24, 2.45) is 5.92 Å². The van der Waals surface area contributed by atoms with Crippen molar-refractivity contribution >= 4 is 22.8 Å². The topological polar surface area (TPSA) is 109 Å². The fraction of sp³-hybridized carbons (Fsp3) is 0.320. The highest BCUT2D eigenvalue weighted by molar-refractivity contribution is 5.94. The molecule has 184 valence electrons. The SMILES string of the molecule is CN(C)C(=O)c1ccc(Oc2nc(-c3ccc4[nH]ncc4c3)nc(N3CC4COCC3C4)n2)c(F)c1. The van der Waals surface area contributed by atoms with Crippen LogP contribution in [-0.2, 0) is 4.74 Å². The molecular weight excluding hydrogens is 465 g/mol. The number of hydrogen-bond donors (Lipinski definition) is 1. The van der Waals surface area contributed by atoms with E-state index in [0.717, 1.165) is 35.5 Å². The van der Waals surface area contributed by atoms with Crippen LogP contribution < -0.4 is 9.64 Å². The monoisotopic (exact) mass is 489 g/mol. The Labute approximate surface area is 206 Å². The van der Waals surface area contributed by atoms with Gasteiger partial charge in [0.15, 0.2) is 17.4 Å². The van der Waals surface area contributed by atoms with E-state index in [4.69, 9.17) is 14.5 Å². The molecule has 2 aromatic carbocycles. The van der Waals surface area contributed by atoms with Gasteiger partial charge in [-0.2, -0.15) is 20.1 Å². The van der Waals surface area contributed by atoms with Crippen molar-refractivity contribution in [3.05, 3.63) is 54.0 Å². The lowest BCUT2D eigenvalue weighted by molar-refractivity contribution is 0.0700. The van der Waals surface area contributed by atoms with Crippen LogP contribution in [0.25, 0.3) is 22.3 Å². The van der Waals surface area contributed by atoms with E-state index in [2.05, 4.69) is 25.1 Å². The first-order valence-corrected chi connectivity index (χ1v) is 11.7. The number of carbonyl (C=O) groups is 1. The molecule has 0 saturated carbocycles. The van der Waals surface area contributed by atoms with E-state index in [0.29, 0.717) is 30.9 Å². The van der Waals surface area contributed by atoms with E-state index in [9.17, 15) is 9.18 Å². The summed E-state index contributed by atoms with van der Waals surface area (Å²) in [6.07, 6.45) is 2.74. The van der Waals surface area contributed by atoms with E-state index >= 15 is 0 Å². The molecule has 2 aliphatic rings. The normalized spacial score (nSPS) is 19.0. The molecule has 2 bridgehead atoms. The number of halogens is 1. The number of fused-ring (bicyclic) bond motifs is 3. The number of carbonyl (C=O) groups excluding carboxylic acids is 1. The van der Waals surface area contributed by atoms with Crippen LogP contribution in [0.2, 0.25) is 0 Å². The van der Waals surface area contributed by atoms with Crippen LogP contribution in [0.15, 0.2) is 42.6 Å². The number of hydrogen-bond acceptors (Lipinski definition) is 8. The number of nitrogens with zero attached hydrogens (tertiary/aromatic N) is 6. The molecule has 2 fully saturated rings. The Morgan fingerprint density at radius 3 is 2.86 bits per heavy atom. The minimum absolute atomic E-state index is 0.0322. The van der Waals surface area contributed by atoms with Crippen molar-refractivity contribution in [2.45, 2.75) is 12.5 Å². The van der Waals surface area contributed by atoms with E-state index in [1.165, 1.54) is 17.0 Å². The zero-order valence-corrected chi connectivity index (χ0v) is 19.8. The number of rotatable bonds is 5. The van der Waals surface area contributed by atoms with Gasteiger partial charge in [0.25, 0.3) is 5.91 Å². The van der Waals surface area contributed by atoms with Gasteiger partial charge in [0.1, 0.15) is 0 Å². The third-order valence-corrected chi connectivity index (χ3v) is 6.51. The largest absolute Gasteiger partial charge is 0.421 e. The van der Waals surface area contributed by atoms with Crippen molar-refractivity contribution in [1.29, 1.82) is 0 Å². The molecule has 0 spiro atoms. The zero-order chi connectivity index (χ0) is 24.8. The molecule has 4 aromatic rings. The van der Waals surface area contributed by atoms with Crippen LogP contribution in [0.1, 0.15) is 16.8 Å². The summed E-state index contributed by atoms with van der Waals surface area (Å²) < 4.78 is 26.4. The van der Waals surface area contributed by atoms with E-state index in [-0.39, 0.29) is 29.3 Å². The Kier molecular flexibility index (Phi) is 5.48. The van der Waals surface area contributed by atoms with E-state index < -0.39 is 5.82 Å². The summed E-state index contributed by atoms with van der Waals surface area (Å²) in [7, 11) is 3.22. The quantitative estimate of drug-likeness (QED) is 0.455. The lowest BCUT2D eigenvalue weighted by Crippen LogP contribution is -2.34. The standard InChI is InChI=1S/C25H24FN7O3/c1-32(2)23(34)16-4-6-21(19(26)9-16)36-25-29-22(15-3-5-20-17(8-15)10-27-31-20)28-24(30-25)33-11-14-7-18(33)13-35-12-14/h3-6,8-10,14,18H,7,11-13H2,1-2H3,(H,27,31). The average molecular weight is 490 g/mol. The first-order chi connectivity index (χ1) is 17.4. The number of ether oxygens (including phenoxy) is 2. The number of H-pyrrole nitrogens is 1. The summed E-state index contributed by atoms with van der Waals surface area (Å²) in [5, 5.41) is 7.91. The van der Waals surface area contributed by atoms with Crippen molar-refractivity contribution < 1.29 is 18.7 Å². The van der Waals surface area contributed by atoms with Gasteiger partial charge in [0, 0.05) is 43.1 Å². The van der Waals surface area contributed by atoms with Gasteiger partial charge in [-0.25, -0.2) is 4.39 Å². The molecule has 10 nitrogen and oxygen atoms in total. The van der Waals surface area contributed by atoms with Crippen LogP contribution in [-0.4, -0.2) is 75.9 Å². The number of aromatic amines is 1. The summed E-state index contributed by atoms with van der Waals surface area (Å²) in [5.41, 5.74) is 1.87. The number of aromatic nitrogens is 5. The molecule has 1 N–H and O–H groups in total. The molecule has 2 aliphatic heterocycles. The summed E-state index contributed by atoms with van der Waals surface area (Å²) in [6.45, 7) is 2.09. The molecule has 2 atom stereocenters. The first kappa shape index (κ1) is 22.4. The maximum atomic E-state index is 14.9. The van der Waals surface area contributed by atoms with Gasteiger partial charge in [0.05, 0.1) is 31.0 Å². The molecule has 2 aromatic heterocycles. The second-order valence-electron chi connectivity index (χ2n) is 9.31. The molecule has 4 heterocycles. The minimum atomic E-state index is -0.684. The Morgan fingerprint density at radius 2 is 2.06 bits per heavy atom. The molecular formula is C25H24FN7O3. The molecule has 0 aliphatic carbocycles. The summed E-state index contributed by atoms with van der Waals surface area (Å²) in [5.74, 6) is 0.205. The maximum absolute atomic E-state index is 14.9. The summed E-state index contributed by atoms with van der Waals surface area (Å²) >= 11 is 0. The van der Waals surface area contributed by atoms with Gasteiger partial charge in [-0.3, -0.25) is 9.89 Å².